The molecule has 0 saturated heterocycles. The summed E-state index contributed by atoms with van der Waals surface area (Å²) in [5.41, 5.74) is 1.86. The van der Waals surface area contributed by atoms with E-state index in [9.17, 15) is 0 Å². The second kappa shape index (κ2) is 11.7. The van der Waals surface area contributed by atoms with Gasteiger partial charge in [-0.15, -0.1) is 0 Å². The Labute approximate surface area is 101 Å². The molecule has 0 heterocycles. The molecule has 1 aromatic rings. The molecule has 2 heteroatoms. The highest BCUT2D eigenvalue weighted by atomic mass is 15.0. The van der Waals surface area contributed by atoms with Crippen LogP contribution in [-0.4, -0.2) is 19.0 Å². The van der Waals surface area contributed by atoms with Crippen LogP contribution in [0.3, 0.4) is 0 Å². The maximum absolute atomic E-state index is 8.76. The van der Waals surface area contributed by atoms with Crippen molar-refractivity contribution < 1.29 is 0 Å². The summed E-state index contributed by atoms with van der Waals surface area (Å²) < 4.78 is 0. The fourth-order valence-electron chi connectivity index (χ4n) is 1.11. The molecule has 0 aliphatic heterocycles. The minimum atomic E-state index is 0.770. The van der Waals surface area contributed by atoms with Gasteiger partial charge >= 0.3 is 0 Å². The molecule has 16 heavy (non-hydrogen) atoms. The lowest BCUT2D eigenvalue weighted by Gasteiger charge is -2.10. The molecule has 0 bridgehead atoms. The van der Waals surface area contributed by atoms with Gasteiger partial charge in [0.1, 0.15) is 0 Å². The van der Waals surface area contributed by atoms with Crippen LogP contribution in [0.2, 0.25) is 0 Å². The van der Waals surface area contributed by atoms with E-state index in [1.165, 1.54) is 0 Å². The molecule has 0 aliphatic carbocycles. The Morgan fingerprint density at radius 1 is 1.06 bits per heavy atom. The van der Waals surface area contributed by atoms with E-state index in [1.54, 1.807) is 0 Å². The molecule has 0 amide bonds. The first-order valence-corrected chi connectivity index (χ1v) is 5.87. The SMILES string of the molecule is CC.CC.CN(C)Cc1ccccc1C#N. The van der Waals surface area contributed by atoms with Crippen molar-refractivity contribution >= 4 is 0 Å². The van der Waals surface area contributed by atoms with E-state index in [4.69, 9.17) is 5.26 Å². The first kappa shape index (κ1) is 17.1. The van der Waals surface area contributed by atoms with Gasteiger partial charge in [0.05, 0.1) is 11.6 Å². The molecule has 1 aromatic carbocycles. The van der Waals surface area contributed by atoms with Gasteiger partial charge in [0.15, 0.2) is 0 Å². The van der Waals surface area contributed by atoms with E-state index in [-0.39, 0.29) is 0 Å². The van der Waals surface area contributed by atoms with Gasteiger partial charge in [0, 0.05) is 6.54 Å². The summed E-state index contributed by atoms with van der Waals surface area (Å²) in [6.45, 7) is 8.82. The van der Waals surface area contributed by atoms with Crippen LogP contribution in [0.25, 0.3) is 0 Å². The molecule has 0 N–H and O–H groups in total. The molecule has 90 valence electrons. The Morgan fingerprint density at radius 3 is 2.00 bits per heavy atom. The smallest absolute Gasteiger partial charge is 0.0995 e. The lowest BCUT2D eigenvalue weighted by molar-refractivity contribution is 0.402. The van der Waals surface area contributed by atoms with E-state index < -0.39 is 0 Å². The van der Waals surface area contributed by atoms with Gasteiger partial charge in [-0.1, -0.05) is 45.9 Å². The Balaban J connectivity index is 0. The number of hydrogen-bond acceptors (Lipinski definition) is 2. The zero-order valence-corrected chi connectivity index (χ0v) is 11.4. The topological polar surface area (TPSA) is 27.0 Å². The van der Waals surface area contributed by atoms with Crippen LogP contribution in [0, 0.1) is 11.3 Å². The summed E-state index contributed by atoms with van der Waals surface area (Å²) in [5.74, 6) is 0. The normalized spacial score (nSPS) is 8.12. The van der Waals surface area contributed by atoms with Gasteiger partial charge in [-0.3, -0.25) is 0 Å². The molecule has 0 aromatic heterocycles. The molecule has 0 unspecified atom stereocenters. The molecule has 0 radical (unpaired) electrons. The van der Waals surface area contributed by atoms with Crippen LogP contribution in [-0.2, 0) is 6.54 Å². The van der Waals surface area contributed by atoms with Crippen molar-refractivity contribution in [2.24, 2.45) is 0 Å². The molecule has 1 rings (SSSR count). The zero-order valence-electron chi connectivity index (χ0n) is 11.4. The fraction of sp³-hybridized carbons (Fsp3) is 0.500. The van der Waals surface area contributed by atoms with E-state index >= 15 is 0 Å². The van der Waals surface area contributed by atoms with Gasteiger partial charge < -0.3 is 4.90 Å². The second-order valence-electron chi connectivity index (χ2n) is 3.01. The van der Waals surface area contributed by atoms with Gasteiger partial charge in [0.25, 0.3) is 0 Å². The maximum Gasteiger partial charge on any atom is 0.0995 e. The van der Waals surface area contributed by atoms with Crippen molar-refractivity contribution in [2.75, 3.05) is 14.1 Å². The minimum Gasteiger partial charge on any atom is -0.305 e. The predicted molar refractivity (Wildman–Crippen MR) is 71.2 cm³/mol. The number of nitrogens with zero attached hydrogens (tertiary/aromatic N) is 2. The lowest BCUT2D eigenvalue weighted by Crippen LogP contribution is -2.11. The monoisotopic (exact) mass is 220 g/mol. The first-order valence-electron chi connectivity index (χ1n) is 5.87. The Bertz CT molecular complexity index is 298. The first-order chi connectivity index (χ1) is 7.74. The molecule has 0 fully saturated rings. The predicted octanol–water partition coefficient (Wildman–Crippen LogP) is 3.67. The average molecular weight is 220 g/mol. The van der Waals surface area contributed by atoms with E-state index in [1.807, 2.05) is 66.1 Å². The van der Waals surface area contributed by atoms with Crippen LogP contribution in [0.5, 0.6) is 0 Å². The van der Waals surface area contributed by atoms with E-state index in [0.717, 1.165) is 17.7 Å². The highest BCUT2D eigenvalue weighted by molar-refractivity contribution is 5.37. The fourth-order valence-corrected chi connectivity index (χ4v) is 1.11. The van der Waals surface area contributed by atoms with E-state index in [2.05, 4.69) is 11.0 Å². The molecule has 0 aliphatic rings. The van der Waals surface area contributed by atoms with Crippen molar-refractivity contribution in [3.63, 3.8) is 0 Å². The van der Waals surface area contributed by atoms with Crippen molar-refractivity contribution in [1.29, 1.82) is 5.26 Å². The highest BCUT2D eigenvalue weighted by Crippen LogP contribution is 2.08. The molecule has 0 spiro atoms. The van der Waals surface area contributed by atoms with Crippen molar-refractivity contribution in [1.82, 2.24) is 4.90 Å². The third-order valence-corrected chi connectivity index (χ3v) is 1.62. The van der Waals surface area contributed by atoms with Crippen LogP contribution >= 0.6 is 0 Å². The highest BCUT2D eigenvalue weighted by Gasteiger charge is 2.00. The summed E-state index contributed by atoms with van der Waals surface area (Å²) >= 11 is 0. The van der Waals surface area contributed by atoms with Gasteiger partial charge in [-0.2, -0.15) is 5.26 Å². The van der Waals surface area contributed by atoms with Crippen molar-refractivity contribution in [2.45, 2.75) is 34.2 Å². The molecular weight excluding hydrogens is 196 g/mol. The largest absolute Gasteiger partial charge is 0.305 e. The summed E-state index contributed by atoms with van der Waals surface area (Å²) in [5, 5.41) is 8.76. The average Bonchev–Trinajstić information content (AvgIpc) is 2.34. The standard InChI is InChI=1S/C10H12N2.2C2H6/c1-12(2)8-10-6-4-3-5-9(10)7-11;2*1-2/h3-6H,8H2,1-2H3;2*1-2H3. The quantitative estimate of drug-likeness (QED) is 0.760. The van der Waals surface area contributed by atoms with Crippen LogP contribution in [0.1, 0.15) is 38.8 Å². The van der Waals surface area contributed by atoms with Gasteiger partial charge in [-0.05, 0) is 25.7 Å². The maximum atomic E-state index is 8.76. The number of benzene rings is 1. The number of hydrogen-bond donors (Lipinski definition) is 0. The van der Waals surface area contributed by atoms with Crippen LogP contribution < -0.4 is 0 Å². The number of nitriles is 1. The Kier molecular flexibility index (Phi) is 12.5. The second-order valence-corrected chi connectivity index (χ2v) is 3.01. The van der Waals surface area contributed by atoms with Crippen molar-refractivity contribution in [3.05, 3.63) is 35.4 Å². The molecular formula is C14H24N2. The Hall–Kier alpha value is -1.33. The summed E-state index contributed by atoms with van der Waals surface area (Å²) in [4.78, 5) is 2.05. The summed E-state index contributed by atoms with van der Waals surface area (Å²) in [6.07, 6.45) is 0. The molecule has 0 atom stereocenters. The van der Waals surface area contributed by atoms with Crippen LogP contribution in [0.4, 0.5) is 0 Å². The van der Waals surface area contributed by atoms with Gasteiger partial charge in [-0.25, -0.2) is 0 Å². The zero-order chi connectivity index (χ0) is 13.0. The summed E-state index contributed by atoms with van der Waals surface area (Å²) in [6, 6.07) is 9.85. The Morgan fingerprint density at radius 2 is 1.56 bits per heavy atom. The van der Waals surface area contributed by atoms with Gasteiger partial charge in [0.2, 0.25) is 0 Å². The van der Waals surface area contributed by atoms with Crippen molar-refractivity contribution in [3.8, 4) is 6.07 Å². The molecule has 0 saturated carbocycles. The number of rotatable bonds is 2. The summed E-state index contributed by atoms with van der Waals surface area (Å²) in [7, 11) is 3.99. The van der Waals surface area contributed by atoms with E-state index in [0.29, 0.717) is 0 Å². The third-order valence-electron chi connectivity index (χ3n) is 1.62. The van der Waals surface area contributed by atoms with Crippen LogP contribution in [0.15, 0.2) is 24.3 Å². The minimum absolute atomic E-state index is 0.770. The lowest BCUT2D eigenvalue weighted by atomic mass is 10.1. The third kappa shape index (κ3) is 7.03. The molecule has 2 nitrogen and oxygen atoms in total.